The number of aromatic nitrogens is 4. The molecule has 2 heterocycles. The van der Waals surface area contributed by atoms with Crippen LogP contribution in [0.1, 0.15) is 11.4 Å². The molecule has 2 rings (SSSR count). The lowest BCUT2D eigenvalue weighted by Gasteiger charge is -1.95. The SMILES string of the molecule is Cc1nc(N)[nH]c(=O)c1Br.Cc1nc(N)[nH]c(=O)c1Br. The lowest BCUT2D eigenvalue weighted by molar-refractivity contribution is 1.06. The Hall–Kier alpha value is -1.68. The normalized spacial score (nSPS) is 9.80. The number of nitrogens with two attached hydrogens (primary N) is 2. The molecule has 2 aromatic rings. The first-order chi connectivity index (χ1) is 9.22. The average molecular weight is 408 g/mol. The molecule has 0 aliphatic heterocycles. The monoisotopic (exact) mass is 406 g/mol. The first kappa shape index (κ1) is 16.4. The summed E-state index contributed by atoms with van der Waals surface area (Å²) >= 11 is 6.10. The van der Waals surface area contributed by atoms with E-state index in [1.807, 2.05) is 0 Å². The van der Waals surface area contributed by atoms with Crippen molar-refractivity contribution in [3.05, 3.63) is 41.0 Å². The van der Waals surface area contributed by atoms with Gasteiger partial charge in [0, 0.05) is 0 Å². The maximum absolute atomic E-state index is 10.8. The number of nitrogen functional groups attached to an aromatic ring is 2. The molecule has 6 N–H and O–H groups in total. The van der Waals surface area contributed by atoms with Crippen LogP contribution in [0.5, 0.6) is 0 Å². The Balaban J connectivity index is 0.000000200. The van der Waals surface area contributed by atoms with E-state index in [1.54, 1.807) is 13.8 Å². The van der Waals surface area contributed by atoms with Crippen molar-refractivity contribution in [2.75, 3.05) is 11.5 Å². The first-order valence-electron chi connectivity index (χ1n) is 5.26. The van der Waals surface area contributed by atoms with Crippen LogP contribution in [0.4, 0.5) is 11.9 Å². The Morgan fingerprint density at radius 2 is 1.15 bits per heavy atom. The van der Waals surface area contributed by atoms with Gasteiger partial charge in [-0.05, 0) is 45.7 Å². The number of hydrogen-bond donors (Lipinski definition) is 4. The minimum Gasteiger partial charge on any atom is -0.369 e. The van der Waals surface area contributed by atoms with E-state index in [0.29, 0.717) is 20.3 Å². The number of aryl methyl sites for hydroxylation is 2. The van der Waals surface area contributed by atoms with Crippen molar-refractivity contribution in [2.24, 2.45) is 0 Å². The standard InChI is InChI=1S/2C5H6BrN3O/c2*1-2-3(6)4(10)9-5(7)8-2/h2*1H3,(H3,7,8,9,10). The zero-order valence-corrected chi connectivity index (χ0v) is 13.8. The molecule has 0 saturated carbocycles. The third-order valence-electron chi connectivity index (χ3n) is 2.09. The van der Waals surface area contributed by atoms with E-state index in [1.165, 1.54) is 0 Å². The topological polar surface area (TPSA) is 144 Å². The van der Waals surface area contributed by atoms with Gasteiger partial charge in [0.1, 0.15) is 8.95 Å². The summed E-state index contributed by atoms with van der Waals surface area (Å²) in [6.07, 6.45) is 0. The molecule has 0 fully saturated rings. The summed E-state index contributed by atoms with van der Waals surface area (Å²) in [5, 5.41) is 0. The smallest absolute Gasteiger partial charge is 0.266 e. The highest BCUT2D eigenvalue weighted by atomic mass is 79.9. The molecule has 0 radical (unpaired) electrons. The third-order valence-corrected chi connectivity index (χ3v) is 3.96. The van der Waals surface area contributed by atoms with Gasteiger partial charge in [-0.25, -0.2) is 9.97 Å². The van der Waals surface area contributed by atoms with Gasteiger partial charge in [-0.15, -0.1) is 0 Å². The summed E-state index contributed by atoms with van der Waals surface area (Å²) in [5.74, 6) is 0.288. The van der Waals surface area contributed by atoms with Gasteiger partial charge in [-0.3, -0.25) is 19.6 Å². The van der Waals surface area contributed by atoms with Gasteiger partial charge in [-0.1, -0.05) is 0 Å². The lowest BCUT2D eigenvalue weighted by Crippen LogP contribution is -2.13. The molecular formula is C10H12Br2N6O2. The van der Waals surface area contributed by atoms with E-state index >= 15 is 0 Å². The van der Waals surface area contributed by atoms with Crippen LogP contribution in [0.2, 0.25) is 0 Å². The number of halogens is 2. The second-order valence-corrected chi connectivity index (χ2v) is 5.29. The molecule has 2 aromatic heterocycles. The van der Waals surface area contributed by atoms with Crippen molar-refractivity contribution in [2.45, 2.75) is 13.8 Å². The average Bonchev–Trinajstić information content (AvgIpc) is 2.33. The summed E-state index contributed by atoms with van der Waals surface area (Å²) in [5.41, 5.74) is 11.2. The van der Waals surface area contributed by atoms with Crippen LogP contribution in [-0.4, -0.2) is 19.9 Å². The molecule has 8 nitrogen and oxygen atoms in total. The Labute approximate surface area is 130 Å². The van der Waals surface area contributed by atoms with Crippen LogP contribution in [0.15, 0.2) is 18.5 Å². The summed E-state index contributed by atoms with van der Waals surface area (Å²) < 4.78 is 0.864. The molecule has 0 spiro atoms. The van der Waals surface area contributed by atoms with Gasteiger partial charge in [0.05, 0.1) is 11.4 Å². The van der Waals surface area contributed by atoms with Gasteiger partial charge in [-0.2, -0.15) is 0 Å². The maximum atomic E-state index is 10.8. The number of hydrogen-bond acceptors (Lipinski definition) is 6. The molecule has 0 atom stereocenters. The fourth-order valence-electron chi connectivity index (χ4n) is 1.19. The van der Waals surface area contributed by atoms with Crippen molar-refractivity contribution >= 4 is 43.8 Å². The van der Waals surface area contributed by atoms with Gasteiger partial charge in [0.15, 0.2) is 0 Å². The number of rotatable bonds is 0. The predicted molar refractivity (Wildman–Crippen MR) is 83.4 cm³/mol. The van der Waals surface area contributed by atoms with Crippen LogP contribution < -0.4 is 22.6 Å². The van der Waals surface area contributed by atoms with E-state index in [2.05, 4.69) is 51.8 Å². The highest BCUT2D eigenvalue weighted by Crippen LogP contribution is 2.07. The Bertz CT molecular complexity index is 676. The molecule has 0 amide bonds. The van der Waals surface area contributed by atoms with Crippen molar-refractivity contribution in [3.63, 3.8) is 0 Å². The summed E-state index contributed by atoms with van der Waals surface area (Å²) in [6, 6.07) is 0. The Morgan fingerprint density at radius 3 is 1.40 bits per heavy atom. The number of H-pyrrole nitrogens is 2. The molecular weight excluding hydrogens is 396 g/mol. The highest BCUT2D eigenvalue weighted by Gasteiger charge is 2.01. The zero-order chi connectivity index (χ0) is 15.4. The Morgan fingerprint density at radius 1 is 0.850 bits per heavy atom. The van der Waals surface area contributed by atoms with E-state index in [-0.39, 0.29) is 23.0 Å². The van der Waals surface area contributed by atoms with Crippen molar-refractivity contribution < 1.29 is 0 Å². The molecule has 0 aliphatic rings. The quantitative estimate of drug-likeness (QED) is 0.509. The van der Waals surface area contributed by atoms with Crippen LogP contribution in [0, 0.1) is 13.8 Å². The molecule has 108 valence electrons. The summed E-state index contributed by atoms with van der Waals surface area (Å²) in [7, 11) is 0. The van der Waals surface area contributed by atoms with Crippen molar-refractivity contribution in [1.29, 1.82) is 0 Å². The van der Waals surface area contributed by atoms with E-state index in [4.69, 9.17) is 11.5 Å². The molecule has 0 bridgehead atoms. The molecule has 0 aliphatic carbocycles. The Kier molecular flexibility index (Phi) is 5.45. The van der Waals surface area contributed by atoms with Crippen LogP contribution in [-0.2, 0) is 0 Å². The van der Waals surface area contributed by atoms with Gasteiger partial charge in [0.25, 0.3) is 11.1 Å². The first-order valence-corrected chi connectivity index (χ1v) is 6.84. The zero-order valence-electron chi connectivity index (χ0n) is 10.6. The second-order valence-electron chi connectivity index (χ2n) is 3.70. The second kappa shape index (κ2) is 6.66. The fourth-order valence-corrected chi connectivity index (χ4v) is 1.56. The molecule has 0 saturated heterocycles. The van der Waals surface area contributed by atoms with E-state index < -0.39 is 0 Å². The molecule has 20 heavy (non-hydrogen) atoms. The number of aromatic amines is 2. The minimum atomic E-state index is -0.245. The van der Waals surface area contributed by atoms with Crippen molar-refractivity contribution in [3.8, 4) is 0 Å². The number of anilines is 2. The van der Waals surface area contributed by atoms with Crippen LogP contribution in [0.25, 0.3) is 0 Å². The van der Waals surface area contributed by atoms with Gasteiger partial charge in [0.2, 0.25) is 11.9 Å². The van der Waals surface area contributed by atoms with E-state index in [9.17, 15) is 9.59 Å². The fraction of sp³-hybridized carbons (Fsp3) is 0.200. The van der Waals surface area contributed by atoms with Crippen molar-refractivity contribution in [1.82, 2.24) is 19.9 Å². The molecule has 0 aromatic carbocycles. The predicted octanol–water partition coefficient (Wildman–Crippen LogP) is 0.846. The minimum absolute atomic E-state index is 0.144. The summed E-state index contributed by atoms with van der Waals surface area (Å²) in [4.78, 5) is 34.0. The van der Waals surface area contributed by atoms with Gasteiger partial charge < -0.3 is 11.5 Å². The van der Waals surface area contributed by atoms with Crippen LogP contribution >= 0.6 is 31.9 Å². The van der Waals surface area contributed by atoms with Crippen LogP contribution in [0.3, 0.4) is 0 Å². The lowest BCUT2D eigenvalue weighted by atomic mass is 10.4. The van der Waals surface area contributed by atoms with E-state index in [0.717, 1.165) is 0 Å². The molecule has 10 heteroatoms. The summed E-state index contributed by atoms with van der Waals surface area (Å²) in [6.45, 7) is 3.41. The molecule has 0 unspecified atom stereocenters. The highest BCUT2D eigenvalue weighted by molar-refractivity contribution is 9.10. The largest absolute Gasteiger partial charge is 0.369 e. The number of nitrogens with zero attached hydrogens (tertiary/aromatic N) is 2. The third kappa shape index (κ3) is 4.17. The van der Waals surface area contributed by atoms with Gasteiger partial charge >= 0.3 is 0 Å². The number of nitrogens with one attached hydrogen (secondary N) is 2. The maximum Gasteiger partial charge on any atom is 0.266 e.